The minimum absolute atomic E-state index is 0.198. The zero-order chi connectivity index (χ0) is 22.0. The average Bonchev–Trinajstić information content (AvgIpc) is 3.27. The quantitative estimate of drug-likeness (QED) is 0.548. The summed E-state index contributed by atoms with van der Waals surface area (Å²) < 4.78 is 8.62. The van der Waals surface area contributed by atoms with Gasteiger partial charge >= 0.3 is 0 Å². The third-order valence-electron chi connectivity index (χ3n) is 5.01. The number of hydrogen-bond donors (Lipinski definition) is 0. The van der Waals surface area contributed by atoms with Gasteiger partial charge in [0, 0.05) is 24.9 Å². The highest BCUT2D eigenvalue weighted by molar-refractivity contribution is 7.16. The van der Waals surface area contributed by atoms with Gasteiger partial charge in [-0.1, -0.05) is 24.3 Å². The lowest BCUT2D eigenvalue weighted by Gasteiger charge is -2.14. The topological polar surface area (TPSA) is 81.0 Å². The number of thiazole rings is 1. The molecule has 0 N–H and O–H groups in total. The maximum atomic E-state index is 13.0. The number of aryl methyl sites for hydroxylation is 1. The molecule has 0 radical (unpaired) electrons. The molecule has 2 aromatic carbocycles. The predicted molar refractivity (Wildman–Crippen MR) is 119 cm³/mol. The van der Waals surface area contributed by atoms with Crippen molar-refractivity contribution in [1.82, 2.24) is 4.57 Å². The first-order valence-corrected chi connectivity index (χ1v) is 11.1. The monoisotopic (exact) mass is 437 g/mol. The Kier molecular flexibility index (Phi) is 5.99. The fourth-order valence-corrected chi connectivity index (χ4v) is 4.71. The Balaban J connectivity index is 1.73. The van der Waals surface area contributed by atoms with E-state index in [-0.39, 0.29) is 24.7 Å². The number of nitrogens with zero attached hydrogens (tertiary/aromatic N) is 3. The molecule has 1 aromatic heterocycles. The van der Waals surface area contributed by atoms with Crippen LogP contribution in [0.3, 0.4) is 0 Å². The Bertz CT molecular complexity index is 1230. The van der Waals surface area contributed by atoms with Crippen LogP contribution in [0, 0.1) is 0 Å². The van der Waals surface area contributed by atoms with Crippen molar-refractivity contribution < 1.29 is 19.1 Å². The highest BCUT2D eigenvalue weighted by Gasteiger charge is 2.30. The van der Waals surface area contributed by atoms with Gasteiger partial charge in [0.15, 0.2) is 4.80 Å². The van der Waals surface area contributed by atoms with E-state index in [1.807, 2.05) is 29.7 Å². The van der Waals surface area contributed by atoms with Crippen molar-refractivity contribution in [2.45, 2.75) is 39.7 Å². The molecule has 31 heavy (non-hydrogen) atoms. The van der Waals surface area contributed by atoms with Gasteiger partial charge in [-0.2, -0.15) is 4.99 Å². The number of aromatic nitrogens is 1. The number of carbonyl (C=O) groups is 3. The van der Waals surface area contributed by atoms with E-state index < -0.39 is 5.91 Å². The first kappa shape index (κ1) is 21.0. The van der Waals surface area contributed by atoms with E-state index in [0.717, 1.165) is 33.8 Å². The van der Waals surface area contributed by atoms with Crippen LogP contribution in [-0.2, 0) is 16.1 Å². The zero-order valence-corrected chi connectivity index (χ0v) is 18.3. The van der Waals surface area contributed by atoms with E-state index in [1.54, 1.807) is 24.3 Å². The lowest BCUT2D eigenvalue weighted by Crippen LogP contribution is -2.28. The average molecular weight is 438 g/mol. The van der Waals surface area contributed by atoms with Crippen molar-refractivity contribution in [2.24, 2.45) is 4.99 Å². The summed E-state index contributed by atoms with van der Waals surface area (Å²) in [6.45, 7) is 5.33. The summed E-state index contributed by atoms with van der Waals surface area (Å²) >= 11 is 1.43. The first-order chi connectivity index (χ1) is 15.0. The Hall–Kier alpha value is -3.26. The van der Waals surface area contributed by atoms with E-state index in [9.17, 15) is 14.4 Å². The number of rotatable bonds is 6. The van der Waals surface area contributed by atoms with Crippen LogP contribution in [0.2, 0.25) is 0 Å². The van der Waals surface area contributed by atoms with Crippen LogP contribution in [0.5, 0.6) is 5.75 Å². The van der Waals surface area contributed by atoms with Gasteiger partial charge in [-0.15, -0.1) is 0 Å². The second kappa shape index (κ2) is 8.85. The van der Waals surface area contributed by atoms with E-state index in [0.29, 0.717) is 22.7 Å². The van der Waals surface area contributed by atoms with Crippen LogP contribution in [0.15, 0.2) is 47.5 Å². The zero-order valence-electron chi connectivity index (χ0n) is 17.5. The van der Waals surface area contributed by atoms with Gasteiger partial charge in [0.2, 0.25) is 11.8 Å². The van der Waals surface area contributed by atoms with Crippen LogP contribution in [-0.4, -0.2) is 28.9 Å². The molecule has 160 valence electrons. The highest BCUT2D eigenvalue weighted by Crippen LogP contribution is 2.25. The molecule has 7 nitrogen and oxygen atoms in total. The molecule has 0 aliphatic carbocycles. The second-order valence-electron chi connectivity index (χ2n) is 7.19. The normalized spacial score (nSPS) is 14.6. The number of fused-ring (bicyclic) bond motifs is 1. The van der Waals surface area contributed by atoms with Gasteiger partial charge in [0.1, 0.15) is 5.75 Å². The molecular weight excluding hydrogens is 414 g/mol. The van der Waals surface area contributed by atoms with E-state index in [4.69, 9.17) is 4.74 Å². The predicted octanol–water partition coefficient (Wildman–Crippen LogP) is 3.91. The molecule has 1 aliphatic rings. The summed E-state index contributed by atoms with van der Waals surface area (Å²) in [4.78, 5) is 43.2. The molecule has 3 amide bonds. The molecule has 1 saturated heterocycles. The molecule has 4 rings (SSSR count). The third kappa shape index (κ3) is 4.16. The summed E-state index contributed by atoms with van der Waals surface area (Å²) in [7, 11) is 0. The smallest absolute Gasteiger partial charge is 0.279 e. The lowest BCUT2D eigenvalue weighted by atomic mass is 10.2. The SMILES string of the molecule is CCCn1c(=NC(=O)c2cccc(N3C(=O)CCC3=O)c2)sc2cc(OCC)ccc21. The number of carbonyl (C=O) groups excluding carboxylic acids is 3. The van der Waals surface area contributed by atoms with Crippen molar-refractivity contribution in [3.63, 3.8) is 0 Å². The molecule has 2 heterocycles. The Morgan fingerprint density at radius 1 is 1.10 bits per heavy atom. The maximum Gasteiger partial charge on any atom is 0.279 e. The number of anilines is 1. The molecule has 0 spiro atoms. The van der Waals surface area contributed by atoms with Crippen molar-refractivity contribution >= 4 is 45.0 Å². The first-order valence-electron chi connectivity index (χ1n) is 10.3. The van der Waals surface area contributed by atoms with Gasteiger partial charge in [0.05, 0.1) is 22.5 Å². The standard InChI is InChI=1S/C23H23N3O4S/c1-3-12-25-18-9-8-17(30-4-2)14-19(18)31-23(25)24-22(29)15-6-5-7-16(13-15)26-20(27)10-11-21(26)28/h5-9,13-14H,3-4,10-12H2,1-2H3. The number of hydrogen-bond acceptors (Lipinski definition) is 5. The van der Waals surface area contributed by atoms with Gasteiger partial charge in [0.25, 0.3) is 5.91 Å². The molecule has 0 bridgehead atoms. The van der Waals surface area contributed by atoms with Crippen LogP contribution in [0.4, 0.5) is 5.69 Å². The van der Waals surface area contributed by atoms with Crippen LogP contribution in [0.25, 0.3) is 10.2 Å². The van der Waals surface area contributed by atoms with E-state index in [2.05, 4.69) is 11.9 Å². The molecule has 1 aliphatic heterocycles. The Labute approximate surface area is 183 Å². The van der Waals surface area contributed by atoms with Crippen molar-refractivity contribution in [1.29, 1.82) is 0 Å². The Morgan fingerprint density at radius 2 is 1.87 bits per heavy atom. The number of imide groups is 1. The summed E-state index contributed by atoms with van der Waals surface area (Å²) in [5, 5.41) is 0. The van der Waals surface area contributed by atoms with E-state index >= 15 is 0 Å². The molecular formula is C23H23N3O4S. The molecule has 3 aromatic rings. The van der Waals surface area contributed by atoms with Crippen molar-refractivity contribution in [2.75, 3.05) is 11.5 Å². The summed E-state index contributed by atoms with van der Waals surface area (Å²) in [5.74, 6) is -0.128. The van der Waals surface area contributed by atoms with Crippen molar-refractivity contribution in [3.8, 4) is 5.75 Å². The van der Waals surface area contributed by atoms with Gasteiger partial charge in [-0.25, -0.2) is 0 Å². The molecule has 8 heteroatoms. The molecule has 0 atom stereocenters. The molecule has 0 saturated carbocycles. The largest absolute Gasteiger partial charge is 0.494 e. The summed E-state index contributed by atoms with van der Waals surface area (Å²) in [5.41, 5.74) is 1.75. The van der Waals surface area contributed by atoms with E-state index in [1.165, 1.54) is 11.3 Å². The fourth-order valence-electron chi connectivity index (χ4n) is 3.63. The Morgan fingerprint density at radius 3 is 2.58 bits per heavy atom. The van der Waals surface area contributed by atoms with Crippen molar-refractivity contribution in [3.05, 3.63) is 52.8 Å². The number of ether oxygens (including phenoxy) is 1. The summed E-state index contributed by atoms with van der Waals surface area (Å²) in [6.07, 6.45) is 1.29. The van der Waals surface area contributed by atoms with Gasteiger partial charge in [-0.3, -0.25) is 19.3 Å². The molecule has 0 unspecified atom stereocenters. The number of amides is 3. The third-order valence-corrected chi connectivity index (χ3v) is 6.05. The summed E-state index contributed by atoms with van der Waals surface area (Å²) in [6, 6.07) is 12.4. The lowest BCUT2D eigenvalue weighted by molar-refractivity contribution is -0.121. The molecule has 1 fully saturated rings. The maximum absolute atomic E-state index is 13.0. The number of benzene rings is 2. The van der Waals surface area contributed by atoms with Crippen LogP contribution >= 0.6 is 11.3 Å². The fraction of sp³-hybridized carbons (Fsp3) is 0.304. The minimum Gasteiger partial charge on any atom is -0.494 e. The van der Waals surface area contributed by atoms with Gasteiger partial charge < -0.3 is 9.30 Å². The minimum atomic E-state index is -0.414. The van der Waals surface area contributed by atoms with Crippen LogP contribution in [0.1, 0.15) is 43.5 Å². The van der Waals surface area contributed by atoms with Crippen LogP contribution < -0.4 is 14.4 Å². The van der Waals surface area contributed by atoms with Gasteiger partial charge in [-0.05, 0) is 49.7 Å². The second-order valence-corrected chi connectivity index (χ2v) is 8.20. The highest BCUT2D eigenvalue weighted by atomic mass is 32.1.